The molecule has 222 valence electrons. The molecule has 3 aromatic rings. The molecule has 4 heterocycles. The normalized spacial score (nSPS) is 20.5. The van der Waals surface area contributed by atoms with Gasteiger partial charge in [-0.3, -0.25) is 9.48 Å². The van der Waals surface area contributed by atoms with Crippen molar-refractivity contribution < 1.29 is 27.1 Å². The number of carbonyl (C=O) groups excluding carboxylic acids is 1. The average Bonchev–Trinajstić information content (AvgIpc) is 3.32. The number of rotatable bonds is 7. The van der Waals surface area contributed by atoms with Crippen molar-refractivity contribution in [2.45, 2.75) is 83.5 Å². The number of likely N-dealkylation sites (tertiary alicyclic amines) is 1. The zero-order chi connectivity index (χ0) is 29.3. The standard InChI is InChI=1S/C29H36F4N6O2/c1-4-34-24-15-23-21(16-36-24)26(18-10-13-38(14-11-18)28(40)17(2)3)37-39(23)19-5-7-20(8-6-19)41-27-25(30)22(9-12-35-27)29(31,32)33/h9,12,15-20H,4-8,10-11,13-14H2,1-3H3,(H,34,36). The Morgan fingerprint density at radius 1 is 1.12 bits per heavy atom. The largest absolute Gasteiger partial charge is 0.472 e. The first-order valence-corrected chi connectivity index (χ1v) is 14.4. The summed E-state index contributed by atoms with van der Waals surface area (Å²) in [7, 11) is 0. The van der Waals surface area contributed by atoms with Gasteiger partial charge < -0.3 is 15.0 Å². The quantitative estimate of drug-likeness (QED) is 0.331. The SMILES string of the molecule is CCNc1cc2c(cn1)c(C1CCN(C(=O)C(C)C)CC1)nn2C1CCC(Oc2nccc(C(F)(F)F)c2F)CC1. The number of ether oxygens (including phenoxy) is 1. The molecule has 41 heavy (non-hydrogen) atoms. The highest BCUT2D eigenvalue weighted by molar-refractivity contribution is 5.84. The maximum atomic E-state index is 14.5. The summed E-state index contributed by atoms with van der Waals surface area (Å²) in [6, 6.07) is 2.67. The topological polar surface area (TPSA) is 85.2 Å². The number of halogens is 4. The first-order valence-electron chi connectivity index (χ1n) is 14.4. The number of piperidine rings is 1. The van der Waals surface area contributed by atoms with Crippen LogP contribution in [0.15, 0.2) is 24.5 Å². The average molecular weight is 577 g/mol. The second-order valence-electron chi connectivity index (χ2n) is 11.2. The lowest BCUT2D eigenvalue weighted by Gasteiger charge is -2.32. The summed E-state index contributed by atoms with van der Waals surface area (Å²) in [6.07, 6.45) is 1.58. The molecule has 2 aliphatic rings. The molecule has 1 aliphatic heterocycles. The lowest BCUT2D eigenvalue weighted by Crippen LogP contribution is -2.40. The first kappa shape index (κ1) is 29.1. The van der Waals surface area contributed by atoms with Gasteiger partial charge in [-0.2, -0.15) is 18.3 Å². The van der Waals surface area contributed by atoms with Crippen LogP contribution in [-0.2, 0) is 11.0 Å². The molecular weight excluding hydrogens is 540 g/mol. The molecule has 0 radical (unpaired) electrons. The van der Waals surface area contributed by atoms with Crippen molar-refractivity contribution in [3.8, 4) is 5.88 Å². The highest BCUT2D eigenvalue weighted by atomic mass is 19.4. The molecule has 1 saturated carbocycles. The molecule has 1 amide bonds. The summed E-state index contributed by atoms with van der Waals surface area (Å²) in [5, 5.41) is 9.37. The fraction of sp³-hybridized carbons (Fsp3) is 0.586. The number of carbonyl (C=O) groups is 1. The lowest BCUT2D eigenvalue weighted by molar-refractivity contribution is -0.140. The van der Waals surface area contributed by atoms with Crippen molar-refractivity contribution in [2.24, 2.45) is 5.92 Å². The molecule has 12 heteroatoms. The molecule has 1 saturated heterocycles. The number of alkyl halides is 3. The van der Waals surface area contributed by atoms with E-state index >= 15 is 0 Å². The molecule has 1 aliphatic carbocycles. The summed E-state index contributed by atoms with van der Waals surface area (Å²) >= 11 is 0. The van der Waals surface area contributed by atoms with Crippen molar-refractivity contribution in [2.75, 3.05) is 25.0 Å². The number of nitrogens with one attached hydrogen (secondary N) is 1. The number of fused-ring (bicyclic) bond motifs is 1. The number of nitrogens with zero attached hydrogens (tertiary/aromatic N) is 5. The van der Waals surface area contributed by atoms with E-state index in [4.69, 9.17) is 9.84 Å². The summed E-state index contributed by atoms with van der Waals surface area (Å²) < 4.78 is 61.5. The Bertz CT molecular complexity index is 1380. The van der Waals surface area contributed by atoms with Gasteiger partial charge in [0.05, 0.1) is 22.8 Å². The molecule has 8 nitrogen and oxygen atoms in total. The molecule has 1 N–H and O–H groups in total. The Morgan fingerprint density at radius 3 is 2.46 bits per heavy atom. The molecule has 2 fully saturated rings. The van der Waals surface area contributed by atoms with Crippen LogP contribution in [0.5, 0.6) is 5.88 Å². The van der Waals surface area contributed by atoms with Crippen molar-refractivity contribution in [3.63, 3.8) is 0 Å². The third-order valence-electron chi connectivity index (χ3n) is 8.10. The maximum Gasteiger partial charge on any atom is 0.419 e. The highest BCUT2D eigenvalue weighted by Crippen LogP contribution is 2.39. The van der Waals surface area contributed by atoms with Crippen LogP contribution >= 0.6 is 0 Å². The molecule has 0 bridgehead atoms. The molecule has 5 rings (SSSR count). The Kier molecular flexibility index (Phi) is 8.37. The van der Waals surface area contributed by atoms with Gasteiger partial charge in [-0.25, -0.2) is 14.4 Å². The maximum absolute atomic E-state index is 14.5. The summed E-state index contributed by atoms with van der Waals surface area (Å²) in [6.45, 7) is 7.96. The van der Waals surface area contributed by atoms with Crippen molar-refractivity contribution in [3.05, 3.63) is 41.6 Å². The van der Waals surface area contributed by atoms with Crippen LogP contribution in [-0.4, -0.2) is 56.3 Å². The van der Waals surface area contributed by atoms with Gasteiger partial charge in [0.15, 0.2) is 5.82 Å². The number of hydrogen-bond acceptors (Lipinski definition) is 6. The highest BCUT2D eigenvalue weighted by Gasteiger charge is 2.37. The predicted molar refractivity (Wildman–Crippen MR) is 146 cm³/mol. The van der Waals surface area contributed by atoms with E-state index in [1.807, 2.05) is 37.9 Å². The monoisotopic (exact) mass is 576 g/mol. The van der Waals surface area contributed by atoms with E-state index < -0.39 is 29.5 Å². The van der Waals surface area contributed by atoms with Crippen LogP contribution in [0, 0.1) is 11.7 Å². The van der Waals surface area contributed by atoms with Crippen LogP contribution in [0.1, 0.15) is 82.5 Å². The minimum Gasteiger partial charge on any atom is -0.472 e. The minimum absolute atomic E-state index is 0.0276. The van der Waals surface area contributed by atoms with Gasteiger partial charge in [0.2, 0.25) is 5.91 Å². The summed E-state index contributed by atoms with van der Waals surface area (Å²) in [4.78, 5) is 22.7. The molecule has 3 aromatic heterocycles. The summed E-state index contributed by atoms with van der Waals surface area (Å²) in [5.41, 5.74) is 0.582. The second kappa shape index (κ2) is 11.8. The second-order valence-corrected chi connectivity index (χ2v) is 11.2. The van der Waals surface area contributed by atoms with E-state index in [2.05, 4.69) is 20.0 Å². The minimum atomic E-state index is -4.82. The molecule has 0 spiro atoms. The number of amides is 1. The van der Waals surface area contributed by atoms with Crippen LogP contribution in [0.2, 0.25) is 0 Å². The van der Waals surface area contributed by atoms with Crippen molar-refractivity contribution in [1.29, 1.82) is 0 Å². The third-order valence-corrected chi connectivity index (χ3v) is 8.10. The number of aromatic nitrogens is 4. The Balaban J connectivity index is 1.33. The van der Waals surface area contributed by atoms with Crippen LogP contribution in [0.4, 0.5) is 23.4 Å². The fourth-order valence-corrected chi connectivity index (χ4v) is 5.94. The van der Waals surface area contributed by atoms with Crippen molar-refractivity contribution >= 4 is 22.6 Å². The zero-order valence-corrected chi connectivity index (χ0v) is 23.5. The molecule has 0 unspecified atom stereocenters. The van der Waals surface area contributed by atoms with E-state index in [1.54, 1.807) is 0 Å². The van der Waals surface area contributed by atoms with Crippen LogP contribution < -0.4 is 10.1 Å². The van der Waals surface area contributed by atoms with E-state index in [0.717, 1.165) is 48.0 Å². The number of anilines is 1. The summed E-state index contributed by atoms with van der Waals surface area (Å²) in [5.74, 6) is -0.979. The van der Waals surface area contributed by atoms with Crippen LogP contribution in [0.25, 0.3) is 10.9 Å². The Morgan fingerprint density at radius 2 is 1.83 bits per heavy atom. The first-order chi connectivity index (χ1) is 19.6. The van der Waals surface area contributed by atoms with Gasteiger partial charge in [-0.15, -0.1) is 0 Å². The van der Waals surface area contributed by atoms with Crippen molar-refractivity contribution in [1.82, 2.24) is 24.6 Å². The van der Waals surface area contributed by atoms with Gasteiger partial charge in [-0.1, -0.05) is 13.8 Å². The Hall–Kier alpha value is -3.44. The van der Waals surface area contributed by atoms with Gasteiger partial charge >= 0.3 is 6.18 Å². The number of hydrogen-bond donors (Lipinski definition) is 1. The van der Waals surface area contributed by atoms with Crippen LogP contribution in [0.3, 0.4) is 0 Å². The molecule has 0 aromatic carbocycles. The van der Waals surface area contributed by atoms with Gasteiger partial charge in [0.25, 0.3) is 5.88 Å². The zero-order valence-electron chi connectivity index (χ0n) is 23.5. The molecule has 0 atom stereocenters. The Labute approximate surface area is 236 Å². The van der Waals surface area contributed by atoms with E-state index in [1.165, 1.54) is 0 Å². The third kappa shape index (κ3) is 6.11. The predicted octanol–water partition coefficient (Wildman–Crippen LogP) is 6.34. The number of pyridine rings is 2. The van der Waals surface area contributed by atoms with Gasteiger partial charge in [0.1, 0.15) is 11.9 Å². The fourth-order valence-electron chi connectivity index (χ4n) is 5.94. The smallest absolute Gasteiger partial charge is 0.419 e. The lowest BCUT2D eigenvalue weighted by atomic mass is 9.91. The van der Waals surface area contributed by atoms with Gasteiger partial charge in [-0.05, 0) is 51.5 Å². The van der Waals surface area contributed by atoms with Gasteiger partial charge in [0, 0.05) is 55.3 Å². The van der Waals surface area contributed by atoms with E-state index in [0.29, 0.717) is 44.8 Å². The van der Waals surface area contributed by atoms with E-state index in [9.17, 15) is 22.4 Å². The molecular formula is C29H36F4N6O2. The van der Waals surface area contributed by atoms with E-state index in [-0.39, 0.29) is 23.8 Å².